The van der Waals surface area contributed by atoms with Crippen LogP contribution in [-0.4, -0.2) is 21.2 Å². The van der Waals surface area contributed by atoms with Gasteiger partial charge in [0.15, 0.2) is 5.82 Å². The van der Waals surface area contributed by atoms with Gasteiger partial charge in [0.2, 0.25) is 11.8 Å². The van der Waals surface area contributed by atoms with Crippen LogP contribution in [0.5, 0.6) is 5.75 Å². The summed E-state index contributed by atoms with van der Waals surface area (Å²) in [6.45, 7) is 0. The molecule has 0 aliphatic rings. The smallest absolute Gasteiger partial charge is 0.244 e. The molecule has 2 atom stereocenters. The number of phenols is 1. The van der Waals surface area contributed by atoms with Crippen molar-refractivity contribution in [2.45, 2.75) is 24.9 Å². The van der Waals surface area contributed by atoms with Gasteiger partial charge in [0.05, 0.1) is 18.5 Å². The number of rotatable bonds is 6. The molecule has 1 aromatic carbocycles. The van der Waals surface area contributed by atoms with Gasteiger partial charge in [0.25, 0.3) is 0 Å². The van der Waals surface area contributed by atoms with Gasteiger partial charge >= 0.3 is 0 Å². The second-order valence-electron chi connectivity index (χ2n) is 4.74. The maximum atomic E-state index is 10.8. The number of primary amides is 1. The lowest BCUT2D eigenvalue weighted by molar-refractivity contribution is -0.118. The number of nitrogens with two attached hydrogens (primary N) is 3. The van der Waals surface area contributed by atoms with Crippen LogP contribution in [0, 0.1) is 0 Å². The highest BCUT2D eigenvalue weighted by Gasteiger charge is 2.20. The average Bonchev–Trinajstić information content (AvgIpc) is 2.90. The summed E-state index contributed by atoms with van der Waals surface area (Å²) in [5.74, 6) is 0.0742. The molecule has 0 bridgehead atoms. The van der Waals surface area contributed by atoms with Gasteiger partial charge in [-0.05, 0) is 24.1 Å². The van der Waals surface area contributed by atoms with E-state index >= 15 is 0 Å². The molecule has 2 aromatic rings. The number of aromatic hydroxyl groups is 1. The number of nitrogens with zero attached hydrogens (tertiary/aromatic N) is 2. The van der Waals surface area contributed by atoms with Crippen molar-refractivity contribution in [2.24, 2.45) is 17.2 Å². The molecule has 0 saturated heterocycles. The molecule has 0 radical (unpaired) electrons. The van der Waals surface area contributed by atoms with E-state index in [-0.39, 0.29) is 18.1 Å². The second kappa shape index (κ2) is 6.33. The molecular weight excluding hydrogens is 274 g/mol. The fourth-order valence-electron chi connectivity index (χ4n) is 1.83. The van der Waals surface area contributed by atoms with E-state index in [4.69, 9.17) is 21.7 Å². The largest absolute Gasteiger partial charge is 0.508 e. The van der Waals surface area contributed by atoms with Crippen molar-refractivity contribution >= 4 is 5.91 Å². The number of phenolic OH excluding ortho intramolecular Hbond substituents is 1. The molecule has 1 amide bonds. The third-order valence-electron chi connectivity index (χ3n) is 2.92. The van der Waals surface area contributed by atoms with Gasteiger partial charge in [-0.3, -0.25) is 4.79 Å². The number of hydrogen-bond donors (Lipinski definition) is 4. The van der Waals surface area contributed by atoms with Crippen LogP contribution in [0.15, 0.2) is 28.8 Å². The summed E-state index contributed by atoms with van der Waals surface area (Å²) in [6, 6.07) is 5.46. The van der Waals surface area contributed by atoms with Crippen molar-refractivity contribution < 1.29 is 14.4 Å². The van der Waals surface area contributed by atoms with E-state index in [1.807, 2.05) is 0 Å². The van der Waals surface area contributed by atoms with Gasteiger partial charge in [0, 0.05) is 0 Å². The topological polar surface area (TPSA) is 154 Å². The Morgan fingerprint density at radius 2 is 1.90 bits per heavy atom. The van der Waals surface area contributed by atoms with Crippen LogP contribution in [0.1, 0.15) is 35.8 Å². The molecule has 0 spiro atoms. The first-order chi connectivity index (χ1) is 9.95. The Labute approximate surface area is 120 Å². The molecule has 1 aromatic heterocycles. The van der Waals surface area contributed by atoms with Crippen molar-refractivity contribution in [3.63, 3.8) is 0 Å². The standard InChI is InChI=1S/C13H17N5O3/c14-9(5-7-1-3-8(19)4-2-7)12-17-13(21-18-12)10(15)6-11(16)20/h1-4,9-10,19H,5-6,14-15H2,(H2,16,20)/t9-,10-/m0/s1. The lowest BCUT2D eigenvalue weighted by Crippen LogP contribution is -2.21. The predicted molar refractivity (Wildman–Crippen MR) is 73.8 cm³/mol. The van der Waals surface area contributed by atoms with Gasteiger partial charge in [-0.25, -0.2) is 0 Å². The summed E-state index contributed by atoms with van der Waals surface area (Å²) in [5.41, 5.74) is 17.7. The minimum Gasteiger partial charge on any atom is -0.508 e. The van der Waals surface area contributed by atoms with Gasteiger partial charge < -0.3 is 26.8 Å². The van der Waals surface area contributed by atoms with E-state index in [0.29, 0.717) is 12.2 Å². The molecule has 7 N–H and O–H groups in total. The van der Waals surface area contributed by atoms with E-state index < -0.39 is 18.0 Å². The summed E-state index contributed by atoms with van der Waals surface area (Å²) in [4.78, 5) is 14.9. The number of amides is 1. The highest BCUT2D eigenvalue weighted by atomic mass is 16.5. The maximum absolute atomic E-state index is 10.8. The van der Waals surface area contributed by atoms with Crippen LogP contribution in [0.4, 0.5) is 0 Å². The first kappa shape index (κ1) is 14.9. The zero-order valence-electron chi connectivity index (χ0n) is 11.3. The normalized spacial score (nSPS) is 13.8. The Morgan fingerprint density at radius 1 is 1.24 bits per heavy atom. The minimum absolute atomic E-state index is 0.0746. The molecule has 0 unspecified atom stereocenters. The van der Waals surface area contributed by atoms with E-state index in [9.17, 15) is 9.90 Å². The highest BCUT2D eigenvalue weighted by molar-refractivity contribution is 5.74. The summed E-state index contributed by atoms with van der Waals surface area (Å²) in [6.07, 6.45) is 0.402. The highest BCUT2D eigenvalue weighted by Crippen LogP contribution is 2.18. The maximum Gasteiger partial charge on any atom is 0.244 e. The predicted octanol–water partition coefficient (Wildman–Crippen LogP) is -0.107. The van der Waals surface area contributed by atoms with Gasteiger partial charge in [-0.15, -0.1) is 0 Å². The summed E-state index contributed by atoms with van der Waals surface area (Å²) >= 11 is 0. The quantitative estimate of drug-likeness (QED) is 0.578. The number of carbonyl (C=O) groups excluding carboxylic acids is 1. The van der Waals surface area contributed by atoms with Crippen LogP contribution in [-0.2, 0) is 11.2 Å². The van der Waals surface area contributed by atoms with Gasteiger partial charge in [-0.2, -0.15) is 4.98 Å². The van der Waals surface area contributed by atoms with Gasteiger partial charge in [-0.1, -0.05) is 17.3 Å². The molecule has 112 valence electrons. The molecule has 1 heterocycles. The van der Waals surface area contributed by atoms with Crippen LogP contribution in [0.3, 0.4) is 0 Å². The summed E-state index contributed by atoms with van der Waals surface area (Å²) in [5, 5.41) is 13.0. The number of hydrogen-bond acceptors (Lipinski definition) is 7. The number of benzene rings is 1. The van der Waals surface area contributed by atoms with Crippen LogP contribution in [0.25, 0.3) is 0 Å². The van der Waals surface area contributed by atoms with Crippen LogP contribution >= 0.6 is 0 Å². The first-order valence-corrected chi connectivity index (χ1v) is 6.36. The summed E-state index contributed by atoms with van der Waals surface area (Å²) in [7, 11) is 0. The summed E-state index contributed by atoms with van der Waals surface area (Å²) < 4.78 is 4.99. The van der Waals surface area contributed by atoms with Crippen LogP contribution < -0.4 is 17.2 Å². The fraction of sp³-hybridized carbons (Fsp3) is 0.308. The third kappa shape index (κ3) is 4.01. The Hall–Kier alpha value is -2.45. The molecule has 8 heteroatoms. The molecule has 8 nitrogen and oxygen atoms in total. The Morgan fingerprint density at radius 3 is 2.52 bits per heavy atom. The van der Waals surface area contributed by atoms with E-state index in [1.165, 1.54) is 0 Å². The van der Waals surface area contributed by atoms with Gasteiger partial charge in [0.1, 0.15) is 5.75 Å². The third-order valence-corrected chi connectivity index (χ3v) is 2.92. The van der Waals surface area contributed by atoms with E-state index in [1.54, 1.807) is 24.3 Å². The zero-order valence-corrected chi connectivity index (χ0v) is 11.3. The molecule has 21 heavy (non-hydrogen) atoms. The molecule has 0 aliphatic heterocycles. The fourth-order valence-corrected chi connectivity index (χ4v) is 1.83. The molecular formula is C13H17N5O3. The van der Waals surface area contributed by atoms with Crippen molar-refractivity contribution in [1.29, 1.82) is 0 Å². The minimum atomic E-state index is -0.732. The first-order valence-electron chi connectivity index (χ1n) is 6.36. The van der Waals surface area contributed by atoms with E-state index in [2.05, 4.69) is 10.1 Å². The van der Waals surface area contributed by atoms with E-state index in [0.717, 1.165) is 5.56 Å². The number of carbonyl (C=O) groups is 1. The Kier molecular flexibility index (Phi) is 4.51. The van der Waals surface area contributed by atoms with Crippen molar-refractivity contribution in [3.05, 3.63) is 41.5 Å². The molecule has 0 saturated carbocycles. The van der Waals surface area contributed by atoms with Crippen molar-refractivity contribution in [1.82, 2.24) is 10.1 Å². The lowest BCUT2D eigenvalue weighted by atomic mass is 10.1. The number of aromatic nitrogens is 2. The van der Waals surface area contributed by atoms with Crippen LogP contribution in [0.2, 0.25) is 0 Å². The molecule has 0 aliphatic carbocycles. The molecule has 0 fully saturated rings. The lowest BCUT2D eigenvalue weighted by Gasteiger charge is -2.07. The average molecular weight is 291 g/mol. The SMILES string of the molecule is NC(=O)C[C@H](N)c1nc([C@@H](N)Cc2ccc(O)cc2)no1. The second-order valence-corrected chi connectivity index (χ2v) is 4.74. The van der Waals surface area contributed by atoms with Crippen molar-refractivity contribution in [3.8, 4) is 5.75 Å². The Balaban J connectivity index is 2.03. The Bertz CT molecular complexity index is 611. The van der Waals surface area contributed by atoms with Crippen molar-refractivity contribution in [2.75, 3.05) is 0 Å². The zero-order chi connectivity index (χ0) is 15.4. The monoisotopic (exact) mass is 291 g/mol. The molecule has 2 rings (SSSR count).